The number of piperidine rings is 1. The maximum absolute atomic E-state index is 12.9. The lowest BCUT2D eigenvalue weighted by Crippen LogP contribution is -2.44. The summed E-state index contributed by atoms with van der Waals surface area (Å²) in [6, 6.07) is 3.37. The van der Waals surface area contributed by atoms with Crippen LogP contribution in [0, 0.1) is 0 Å². The van der Waals surface area contributed by atoms with Crippen LogP contribution in [0.3, 0.4) is 0 Å². The molecule has 1 aromatic rings. The van der Waals surface area contributed by atoms with E-state index in [1.807, 2.05) is 27.7 Å². The van der Waals surface area contributed by atoms with Crippen molar-refractivity contribution in [1.82, 2.24) is 14.6 Å². The van der Waals surface area contributed by atoms with Crippen molar-refractivity contribution in [2.24, 2.45) is 0 Å². The van der Waals surface area contributed by atoms with Crippen molar-refractivity contribution in [3.63, 3.8) is 0 Å². The van der Waals surface area contributed by atoms with E-state index in [-0.39, 0.29) is 28.9 Å². The van der Waals surface area contributed by atoms with Gasteiger partial charge in [-0.05, 0) is 52.7 Å². The van der Waals surface area contributed by atoms with Crippen LogP contribution in [0.25, 0.3) is 0 Å². The van der Waals surface area contributed by atoms with E-state index in [0.717, 1.165) is 31.7 Å². The molecule has 0 aromatic carbocycles. The normalized spacial score (nSPS) is 16.5. The third-order valence-corrected chi connectivity index (χ3v) is 6.78. The number of nitrogens with zero attached hydrogens (tertiary/aromatic N) is 3. The first kappa shape index (κ1) is 20.6. The summed E-state index contributed by atoms with van der Waals surface area (Å²) in [6.07, 6.45) is 3.16. The summed E-state index contributed by atoms with van der Waals surface area (Å²) < 4.78 is 27.3. The number of pyridine rings is 1. The Morgan fingerprint density at radius 3 is 2.19 bits per heavy atom. The standard InChI is InChI=1S/C18H30N4O3S/c1-13(2)22(14(3)4)26(24,25)17-6-7-18(19-12-17)21-10-8-16(9-11-21)20-15(5)23/h6-7,12-14,16H,8-11H2,1-5H3,(H,20,23). The average molecular weight is 383 g/mol. The molecular weight excluding hydrogens is 352 g/mol. The fourth-order valence-electron chi connectivity index (χ4n) is 3.53. The molecule has 0 atom stereocenters. The van der Waals surface area contributed by atoms with Gasteiger partial charge < -0.3 is 10.2 Å². The minimum atomic E-state index is -3.56. The molecule has 0 saturated carbocycles. The highest BCUT2D eigenvalue weighted by molar-refractivity contribution is 7.89. The van der Waals surface area contributed by atoms with Gasteiger partial charge in [-0.1, -0.05) is 0 Å². The molecule has 1 saturated heterocycles. The monoisotopic (exact) mass is 382 g/mol. The van der Waals surface area contributed by atoms with Crippen LogP contribution in [0.5, 0.6) is 0 Å². The van der Waals surface area contributed by atoms with Crippen LogP contribution in [0.2, 0.25) is 0 Å². The highest BCUT2D eigenvalue weighted by Gasteiger charge is 2.30. The summed E-state index contributed by atoms with van der Waals surface area (Å²) in [6.45, 7) is 10.6. The quantitative estimate of drug-likeness (QED) is 0.814. The first-order chi connectivity index (χ1) is 12.1. The van der Waals surface area contributed by atoms with Gasteiger partial charge in [0.15, 0.2) is 0 Å². The van der Waals surface area contributed by atoms with E-state index in [9.17, 15) is 13.2 Å². The zero-order chi connectivity index (χ0) is 19.5. The number of anilines is 1. The Hall–Kier alpha value is -1.67. The van der Waals surface area contributed by atoms with Gasteiger partial charge >= 0.3 is 0 Å². The fraction of sp³-hybridized carbons (Fsp3) is 0.667. The Labute approximate surface area is 156 Å². The zero-order valence-electron chi connectivity index (χ0n) is 16.3. The number of nitrogens with one attached hydrogen (secondary N) is 1. The van der Waals surface area contributed by atoms with E-state index in [0.29, 0.717) is 0 Å². The molecule has 146 valence electrons. The summed E-state index contributed by atoms with van der Waals surface area (Å²) in [4.78, 5) is 17.9. The van der Waals surface area contributed by atoms with Gasteiger partial charge in [0.1, 0.15) is 10.7 Å². The smallest absolute Gasteiger partial charge is 0.245 e. The maximum atomic E-state index is 12.9. The van der Waals surface area contributed by atoms with Crippen molar-refractivity contribution < 1.29 is 13.2 Å². The molecule has 0 aliphatic carbocycles. The minimum Gasteiger partial charge on any atom is -0.356 e. The van der Waals surface area contributed by atoms with Crippen molar-refractivity contribution in [2.75, 3.05) is 18.0 Å². The van der Waals surface area contributed by atoms with E-state index >= 15 is 0 Å². The summed E-state index contributed by atoms with van der Waals surface area (Å²) in [5.74, 6) is 0.766. The molecule has 8 heteroatoms. The molecule has 1 aromatic heterocycles. The summed E-state index contributed by atoms with van der Waals surface area (Å²) in [5.41, 5.74) is 0. The highest BCUT2D eigenvalue weighted by atomic mass is 32.2. The number of rotatable bonds is 6. The van der Waals surface area contributed by atoms with Gasteiger partial charge in [0.05, 0.1) is 0 Å². The molecule has 0 spiro atoms. The third-order valence-electron chi connectivity index (χ3n) is 4.54. The predicted octanol–water partition coefficient (Wildman–Crippen LogP) is 1.99. The SMILES string of the molecule is CC(=O)NC1CCN(c2ccc(S(=O)(=O)N(C(C)C)C(C)C)cn2)CC1. The van der Waals surface area contributed by atoms with E-state index < -0.39 is 10.0 Å². The van der Waals surface area contributed by atoms with E-state index in [1.165, 1.54) is 17.4 Å². The van der Waals surface area contributed by atoms with Gasteiger partial charge in [0, 0.05) is 44.3 Å². The maximum Gasteiger partial charge on any atom is 0.245 e. The Balaban J connectivity index is 2.10. The Morgan fingerprint density at radius 1 is 1.19 bits per heavy atom. The van der Waals surface area contributed by atoms with Crippen molar-refractivity contribution in [1.29, 1.82) is 0 Å². The third kappa shape index (κ3) is 4.73. The topological polar surface area (TPSA) is 82.6 Å². The number of aromatic nitrogens is 1. The summed E-state index contributed by atoms with van der Waals surface area (Å²) >= 11 is 0. The minimum absolute atomic E-state index is 0.00371. The van der Waals surface area contributed by atoms with Gasteiger partial charge in [0.2, 0.25) is 15.9 Å². The lowest BCUT2D eigenvalue weighted by molar-refractivity contribution is -0.119. The second-order valence-electron chi connectivity index (χ2n) is 7.34. The van der Waals surface area contributed by atoms with Crippen LogP contribution in [-0.2, 0) is 14.8 Å². The van der Waals surface area contributed by atoms with Gasteiger partial charge in [-0.15, -0.1) is 0 Å². The molecule has 26 heavy (non-hydrogen) atoms. The van der Waals surface area contributed by atoms with Gasteiger partial charge in [-0.2, -0.15) is 4.31 Å². The second-order valence-corrected chi connectivity index (χ2v) is 9.18. The number of sulfonamides is 1. The largest absolute Gasteiger partial charge is 0.356 e. The first-order valence-electron chi connectivity index (χ1n) is 9.14. The molecule has 1 fully saturated rings. The van der Waals surface area contributed by atoms with Gasteiger partial charge in [-0.3, -0.25) is 4.79 Å². The van der Waals surface area contributed by atoms with Gasteiger partial charge in [0.25, 0.3) is 0 Å². The average Bonchev–Trinajstić information content (AvgIpc) is 2.54. The van der Waals surface area contributed by atoms with Crippen LogP contribution in [0.4, 0.5) is 5.82 Å². The van der Waals surface area contributed by atoms with E-state index in [2.05, 4.69) is 15.2 Å². The van der Waals surface area contributed by atoms with Crippen LogP contribution < -0.4 is 10.2 Å². The summed E-state index contributed by atoms with van der Waals surface area (Å²) in [7, 11) is -3.56. The molecule has 1 amide bonds. The molecule has 0 unspecified atom stereocenters. The number of hydrogen-bond donors (Lipinski definition) is 1. The molecule has 2 heterocycles. The number of carbonyl (C=O) groups excluding carboxylic acids is 1. The molecular formula is C18H30N4O3S. The first-order valence-corrected chi connectivity index (χ1v) is 10.6. The number of amides is 1. The van der Waals surface area contributed by atoms with Crippen molar-refractivity contribution in [2.45, 2.75) is 70.5 Å². The molecule has 0 radical (unpaired) electrons. The van der Waals surface area contributed by atoms with Crippen molar-refractivity contribution >= 4 is 21.7 Å². The highest BCUT2D eigenvalue weighted by Crippen LogP contribution is 2.23. The summed E-state index contributed by atoms with van der Waals surface area (Å²) in [5, 5.41) is 2.95. The van der Waals surface area contributed by atoms with Crippen LogP contribution >= 0.6 is 0 Å². The predicted molar refractivity (Wildman–Crippen MR) is 103 cm³/mol. The van der Waals surface area contributed by atoms with E-state index in [4.69, 9.17) is 0 Å². The molecule has 0 bridgehead atoms. The lowest BCUT2D eigenvalue weighted by Gasteiger charge is -2.33. The Morgan fingerprint density at radius 2 is 1.77 bits per heavy atom. The number of hydrogen-bond acceptors (Lipinski definition) is 5. The van der Waals surface area contributed by atoms with Crippen LogP contribution in [0.1, 0.15) is 47.5 Å². The molecule has 1 aliphatic heterocycles. The van der Waals surface area contributed by atoms with Crippen LogP contribution in [-0.4, -0.2) is 54.8 Å². The molecule has 2 rings (SSSR count). The molecule has 1 aliphatic rings. The van der Waals surface area contributed by atoms with Crippen molar-refractivity contribution in [3.8, 4) is 0 Å². The Bertz CT molecular complexity index is 700. The Kier molecular flexibility index (Phi) is 6.63. The van der Waals surface area contributed by atoms with Crippen LogP contribution in [0.15, 0.2) is 23.2 Å². The van der Waals surface area contributed by atoms with E-state index in [1.54, 1.807) is 12.1 Å². The second kappa shape index (κ2) is 8.35. The lowest BCUT2D eigenvalue weighted by atomic mass is 10.1. The van der Waals surface area contributed by atoms with Crippen molar-refractivity contribution in [3.05, 3.63) is 18.3 Å². The van der Waals surface area contributed by atoms with Gasteiger partial charge in [-0.25, -0.2) is 13.4 Å². The molecule has 1 N–H and O–H groups in total. The molecule has 7 nitrogen and oxygen atoms in total. The number of carbonyl (C=O) groups is 1. The fourth-order valence-corrected chi connectivity index (χ4v) is 5.31. The zero-order valence-corrected chi connectivity index (χ0v) is 17.1.